The van der Waals surface area contributed by atoms with E-state index in [0.717, 1.165) is 37.1 Å². The van der Waals surface area contributed by atoms with Crippen LogP contribution in [-0.4, -0.2) is 36.9 Å². The van der Waals surface area contributed by atoms with Crippen LogP contribution in [0.25, 0.3) is 0 Å². The molecule has 0 bridgehead atoms. The number of aryl methyl sites for hydroxylation is 3. The average molecular weight is 404 g/mol. The fraction of sp³-hybridized carbons (Fsp3) is 0.476. The number of nitrogens with one attached hydrogen (secondary N) is 1. The summed E-state index contributed by atoms with van der Waals surface area (Å²) in [6.45, 7) is 4.46. The summed E-state index contributed by atoms with van der Waals surface area (Å²) in [7, 11) is -1.64. The van der Waals surface area contributed by atoms with E-state index in [-0.39, 0.29) is 29.8 Å². The Morgan fingerprint density at radius 1 is 1.21 bits per heavy atom. The maximum atomic E-state index is 12.8. The van der Waals surface area contributed by atoms with Crippen LogP contribution in [0.5, 0.6) is 0 Å². The summed E-state index contributed by atoms with van der Waals surface area (Å²) >= 11 is 0. The predicted octanol–water partition coefficient (Wildman–Crippen LogP) is 3.06. The third-order valence-corrected chi connectivity index (χ3v) is 7.02. The first kappa shape index (κ1) is 20.6. The molecule has 6 nitrogen and oxygen atoms in total. The number of sulfonamides is 1. The van der Waals surface area contributed by atoms with Gasteiger partial charge in [-0.15, -0.1) is 0 Å². The lowest BCUT2D eigenvalue weighted by Crippen LogP contribution is -2.40. The number of carbonyl (C=O) groups is 1. The topological polar surface area (TPSA) is 71.4 Å². The molecule has 1 fully saturated rings. The van der Waals surface area contributed by atoms with Gasteiger partial charge in [-0.25, -0.2) is 13.1 Å². The minimum atomic E-state index is -3.63. The third kappa shape index (κ3) is 4.47. The van der Waals surface area contributed by atoms with Gasteiger partial charge in [0.15, 0.2) is 0 Å². The summed E-state index contributed by atoms with van der Waals surface area (Å²) in [4.78, 5) is 15.0. The first-order chi connectivity index (χ1) is 13.3. The van der Waals surface area contributed by atoms with E-state index in [4.69, 9.17) is 0 Å². The molecule has 0 unspecified atom stereocenters. The number of amides is 1. The molecule has 1 amide bonds. The number of piperidine rings is 1. The highest BCUT2D eigenvalue weighted by atomic mass is 32.2. The summed E-state index contributed by atoms with van der Waals surface area (Å²) < 4.78 is 29.9. The monoisotopic (exact) mass is 403 g/mol. The molecule has 1 aliphatic rings. The van der Waals surface area contributed by atoms with Crippen LogP contribution in [0.1, 0.15) is 48.5 Å². The Balaban J connectivity index is 1.64. The number of rotatable bonds is 6. The quantitative estimate of drug-likeness (QED) is 0.806. The van der Waals surface area contributed by atoms with Crippen LogP contribution in [0.2, 0.25) is 0 Å². The first-order valence-corrected chi connectivity index (χ1v) is 11.3. The van der Waals surface area contributed by atoms with Crippen molar-refractivity contribution in [3.05, 3.63) is 53.3 Å². The molecule has 0 aliphatic carbocycles. The van der Waals surface area contributed by atoms with E-state index >= 15 is 0 Å². The van der Waals surface area contributed by atoms with Gasteiger partial charge in [0.25, 0.3) is 0 Å². The Hall–Kier alpha value is -2.12. The number of benzene rings is 1. The SMILES string of the molecule is Cc1ccc(C)c(S(=O)(=O)NCCC(=O)N2CCCC[C@@H]2c2cccn2C)c1. The minimum Gasteiger partial charge on any atom is -0.353 e. The molecule has 1 saturated heterocycles. The van der Waals surface area contributed by atoms with Gasteiger partial charge in [0.05, 0.1) is 10.9 Å². The van der Waals surface area contributed by atoms with Crippen molar-refractivity contribution in [3.63, 3.8) is 0 Å². The van der Waals surface area contributed by atoms with Crippen LogP contribution in [0.3, 0.4) is 0 Å². The van der Waals surface area contributed by atoms with E-state index in [1.54, 1.807) is 19.1 Å². The number of carbonyl (C=O) groups excluding carboxylic acids is 1. The van der Waals surface area contributed by atoms with Crippen LogP contribution < -0.4 is 4.72 Å². The van der Waals surface area contributed by atoms with Gasteiger partial charge in [0.1, 0.15) is 0 Å². The smallest absolute Gasteiger partial charge is 0.240 e. The van der Waals surface area contributed by atoms with Gasteiger partial charge >= 0.3 is 0 Å². The Morgan fingerprint density at radius 2 is 2.00 bits per heavy atom. The van der Waals surface area contributed by atoms with E-state index in [9.17, 15) is 13.2 Å². The minimum absolute atomic E-state index is 0.00503. The second-order valence-electron chi connectivity index (χ2n) is 7.56. The maximum Gasteiger partial charge on any atom is 0.240 e. The van der Waals surface area contributed by atoms with E-state index in [2.05, 4.69) is 15.4 Å². The van der Waals surface area contributed by atoms with Gasteiger partial charge < -0.3 is 9.47 Å². The van der Waals surface area contributed by atoms with Crippen LogP contribution in [0.4, 0.5) is 0 Å². The van der Waals surface area contributed by atoms with Crippen LogP contribution in [0, 0.1) is 13.8 Å². The zero-order valence-corrected chi connectivity index (χ0v) is 17.6. The number of hydrogen-bond donors (Lipinski definition) is 1. The molecule has 7 heteroatoms. The van der Waals surface area contributed by atoms with Gasteiger partial charge in [0, 0.05) is 38.4 Å². The van der Waals surface area contributed by atoms with Crippen LogP contribution in [-0.2, 0) is 21.9 Å². The highest BCUT2D eigenvalue weighted by Gasteiger charge is 2.29. The lowest BCUT2D eigenvalue weighted by Gasteiger charge is -2.36. The number of hydrogen-bond acceptors (Lipinski definition) is 3. The average Bonchev–Trinajstić information content (AvgIpc) is 3.09. The van der Waals surface area contributed by atoms with Gasteiger partial charge in [-0.2, -0.15) is 0 Å². The van der Waals surface area contributed by atoms with Crippen molar-refractivity contribution in [3.8, 4) is 0 Å². The van der Waals surface area contributed by atoms with Gasteiger partial charge in [0.2, 0.25) is 15.9 Å². The molecule has 1 N–H and O–H groups in total. The van der Waals surface area contributed by atoms with Gasteiger partial charge in [-0.05, 0) is 62.4 Å². The molecule has 2 heterocycles. The van der Waals surface area contributed by atoms with Gasteiger partial charge in [-0.3, -0.25) is 4.79 Å². The van der Waals surface area contributed by atoms with E-state index in [0.29, 0.717) is 5.56 Å². The van der Waals surface area contributed by atoms with Crippen molar-refractivity contribution >= 4 is 15.9 Å². The lowest BCUT2D eigenvalue weighted by molar-refractivity contribution is -0.135. The van der Waals surface area contributed by atoms with Crippen molar-refractivity contribution < 1.29 is 13.2 Å². The highest BCUT2D eigenvalue weighted by molar-refractivity contribution is 7.89. The molecule has 1 atom stereocenters. The molecule has 2 aromatic rings. The summed E-state index contributed by atoms with van der Waals surface area (Å²) in [5.74, 6) is -0.00503. The van der Waals surface area contributed by atoms with E-state index in [1.165, 1.54) is 0 Å². The molecule has 28 heavy (non-hydrogen) atoms. The fourth-order valence-electron chi connectivity index (χ4n) is 3.87. The zero-order valence-electron chi connectivity index (χ0n) is 16.8. The summed E-state index contributed by atoms with van der Waals surface area (Å²) in [5, 5.41) is 0. The molecule has 1 aliphatic heterocycles. The summed E-state index contributed by atoms with van der Waals surface area (Å²) in [6.07, 6.45) is 5.17. The number of aromatic nitrogens is 1. The van der Waals surface area contributed by atoms with Gasteiger partial charge in [-0.1, -0.05) is 12.1 Å². The zero-order chi connectivity index (χ0) is 20.3. The maximum absolute atomic E-state index is 12.8. The molecule has 0 radical (unpaired) electrons. The third-order valence-electron chi connectivity index (χ3n) is 5.41. The second-order valence-corrected chi connectivity index (χ2v) is 9.29. The largest absolute Gasteiger partial charge is 0.353 e. The van der Waals surface area contributed by atoms with Crippen molar-refractivity contribution in [1.82, 2.24) is 14.2 Å². The van der Waals surface area contributed by atoms with Crippen molar-refractivity contribution in [1.29, 1.82) is 0 Å². The highest BCUT2D eigenvalue weighted by Crippen LogP contribution is 2.31. The van der Waals surface area contributed by atoms with Crippen LogP contribution >= 0.6 is 0 Å². The molecule has 1 aromatic carbocycles. The summed E-state index contributed by atoms with van der Waals surface area (Å²) in [6, 6.07) is 9.46. The van der Waals surface area contributed by atoms with Crippen molar-refractivity contribution in [2.45, 2.75) is 50.5 Å². The predicted molar refractivity (Wildman–Crippen MR) is 109 cm³/mol. The number of nitrogens with zero attached hydrogens (tertiary/aromatic N) is 2. The number of likely N-dealkylation sites (tertiary alicyclic amines) is 1. The molecule has 0 spiro atoms. The molecule has 152 valence electrons. The van der Waals surface area contributed by atoms with Crippen molar-refractivity contribution in [2.24, 2.45) is 7.05 Å². The summed E-state index contributed by atoms with van der Waals surface area (Å²) in [5.41, 5.74) is 2.72. The second kappa shape index (κ2) is 8.49. The molecule has 3 rings (SSSR count). The lowest BCUT2D eigenvalue weighted by atomic mass is 9.99. The molecule has 1 aromatic heterocycles. The molecule has 0 saturated carbocycles. The molecular formula is C21H29N3O3S. The Kier molecular flexibility index (Phi) is 6.25. The normalized spacial score (nSPS) is 17.7. The van der Waals surface area contributed by atoms with Crippen LogP contribution in [0.15, 0.2) is 41.4 Å². The Labute approximate surface area is 167 Å². The Morgan fingerprint density at radius 3 is 2.71 bits per heavy atom. The standard InChI is InChI=1S/C21H29N3O3S/c1-16-9-10-17(2)20(15-16)28(26,27)22-12-11-21(25)24-14-5-4-7-19(24)18-8-6-13-23(18)3/h6,8-10,13,15,19,22H,4-5,7,11-12,14H2,1-3H3/t19-/m1/s1. The van der Waals surface area contributed by atoms with E-state index < -0.39 is 10.0 Å². The fourth-order valence-corrected chi connectivity index (χ4v) is 5.23. The Bertz CT molecular complexity index is 950. The molecular weight excluding hydrogens is 374 g/mol. The van der Waals surface area contributed by atoms with Crippen molar-refractivity contribution in [2.75, 3.05) is 13.1 Å². The first-order valence-electron chi connectivity index (χ1n) is 9.77. The van der Waals surface area contributed by atoms with E-state index in [1.807, 2.05) is 37.2 Å².